The van der Waals surface area contributed by atoms with Gasteiger partial charge in [0.2, 0.25) is 5.95 Å². The predicted octanol–water partition coefficient (Wildman–Crippen LogP) is 3.27. The second-order valence-corrected chi connectivity index (χ2v) is 4.99. The highest BCUT2D eigenvalue weighted by molar-refractivity contribution is 5.56. The number of aryl methyl sites for hydroxylation is 1. The molecule has 0 aliphatic carbocycles. The van der Waals surface area contributed by atoms with Gasteiger partial charge in [-0.2, -0.15) is 4.98 Å². The largest absolute Gasteiger partial charge is 0.356 e. The minimum atomic E-state index is -0.305. The van der Waals surface area contributed by atoms with E-state index in [1.54, 1.807) is 18.2 Å². The summed E-state index contributed by atoms with van der Waals surface area (Å²) in [6, 6.07) is 8.50. The van der Waals surface area contributed by atoms with Crippen LogP contribution in [0.15, 0.2) is 30.3 Å². The van der Waals surface area contributed by atoms with Crippen molar-refractivity contribution in [3.8, 4) is 0 Å². The van der Waals surface area contributed by atoms with E-state index in [1.165, 1.54) is 18.9 Å². The zero-order valence-corrected chi connectivity index (χ0v) is 11.4. The van der Waals surface area contributed by atoms with Crippen LogP contribution in [0.1, 0.15) is 18.5 Å². The van der Waals surface area contributed by atoms with Crippen molar-refractivity contribution in [3.05, 3.63) is 41.8 Å². The Morgan fingerprint density at radius 1 is 1.15 bits per heavy atom. The van der Waals surface area contributed by atoms with Crippen LogP contribution in [0.2, 0.25) is 0 Å². The maximum Gasteiger partial charge on any atom is 0.229 e. The number of aromatic nitrogens is 2. The summed E-state index contributed by atoms with van der Waals surface area (Å²) in [5.41, 5.74) is 1.27. The van der Waals surface area contributed by atoms with E-state index in [2.05, 4.69) is 20.2 Å². The van der Waals surface area contributed by atoms with Crippen molar-refractivity contribution in [2.24, 2.45) is 0 Å². The number of benzene rings is 1. The monoisotopic (exact) mass is 272 g/mol. The van der Waals surface area contributed by atoms with Crippen molar-refractivity contribution < 1.29 is 4.39 Å². The van der Waals surface area contributed by atoms with Crippen molar-refractivity contribution in [2.75, 3.05) is 23.3 Å². The molecule has 0 radical (unpaired) electrons. The van der Waals surface area contributed by atoms with Gasteiger partial charge in [0.1, 0.15) is 11.6 Å². The number of nitrogens with zero attached hydrogens (tertiary/aromatic N) is 3. The van der Waals surface area contributed by atoms with E-state index in [-0.39, 0.29) is 5.82 Å². The van der Waals surface area contributed by atoms with E-state index in [4.69, 9.17) is 0 Å². The number of hydrogen-bond donors (Lipinski definition) is 1. The lowest BCUT2D eigenvalue weighted by molar-refractivity contribution is 0.631. The number of rotatable bonds is 3. The summed E-state index contributed by atoms with van der Waals surface area (Å²) in [7, 11) is 0. The van der Waals surface area contributed by atoms with E-state index in [0.717, 1.165) is 24.6 Å². The minimum Gasteiger partial charge on any atom is -0.356 e. The molecule has 1 N–H and O–H groups in total. The van der Waals surface area contributed by atoms with E-state index < -0.39 is 0 Å². The van der Waals surface area contributed by atoms with Crippen LogP contribution in [0.25, 0.3) is 0 Å². The summed E-state index contributed by atoms with van der Waals surface area (Å²) < 4.78 is 13.6. The lowest BCUT2D eigenvalue weighted by atomic mass is 10.3. The van der Waals surface area contributed by atoms with E-state index in [0.29, 0.717) is 11.6 Å². The van der Waals surface area contributed by atoms with Gasteiger partial charge in [-0.1, -0.05) is 12.1 Å². The highest BCUT2D eigenvalue weighted by Crippen LogP contribution is 2.22. The van der Waals surface area contributed by atoms with Gasteiger partial charge in [-0.15, -0.1) is 0 Å². The van der Waals surface area contributed by atoms with Crippen LogP contribution in [0.3, 0.4) is 0 Å². The molecule has 4 nitrogen and oxygen atoms in total. The minimum absolute atomic E-state index is 0.305. The fourth-order valence-corrected chi connectivity index (χ4v) is 2.40. The Balaban J connectivity index is 1.88. The summed E-state index contributed by atoms with van der Waals surface area (Å²) in [4.78, 5) is 11.1. The summed E-state index contributed by atoms with van der Waals surface area (Å²) in [6.07, 6.45) is 2.39. The molecule has 3 rings (SSSR count). The van der Waals surface area contributed by atoms with Gasteiger partial charge in [0.15, 0.2) is 0 Å². The lowest BCUT2D eigenvalue weighted by Gasteiger charge is -2.17. The molecule has 0 amide bonds. The normalized spacial score (nSPS) is 14.6. The van der Waals surface area contributed by atoms with Gasteiger partial charge in [0.05, 0.1) is 5.69 Å². The molecule has 1 aromatic heterocycles. The number of para-hydroxylation sites is 1. The zero-order valence-electron chi connectivity index (χ0n) is 11.4. The van der Waals surface area contributed by atoms with Crippen LogP contribution < -0.4 is 10.2 Å². The van der Waals surface area contributed by atoms with E-state index in [1.807, 2.05) is 13.0 Å². The molecule has 0 unspecified atom stereocenters. The van der Waals surface area contributed by atoms with Gasteiger partial charge in [0, 0.05) is 24.8 Å². The van der Waals surface area contributed by atoms with Crippen LogP contribution >= 0.6 is 0 Å². The number of hydrogen-bond acceptors (Lipinski definition) is 4. The molecule has 1 saturated heterocycles. The third-order valence-corrected chi connectivity index (χ3v) is 3.39. The Bertz CT molecular complexity index is 609. The van der Waals surface area contributed by atoms with Crippen molar-refractivity contribution in [1.29, 1.82) is 0 Å². The first-order valence-electron chi connectivity index (χ1n) is 6.84. The van der Waals surface area contributed by atoms with Crippen molar-refractivity contribution >= 4 is 17.5 Å². The molecule has 2 heterocycles. The van der Waals surface area contributed by atoms with Crippen molar-refractivity contribution in [2.45, 2.75) is 19.8 Å². The SMILES string of the molecule is Cc1cc(N2CCCC2)nc(Nc2ccccc2F)n1. The fourth-order valence-electron chi connectivity index (χ4n) is 2.40. The highest BCUT2D eigenvalue weighted by Gasteiger charge is 2.15. The first-order valence-corrected chi connectivity index (χ1v) is 6.84. The topological polar surface area (TPSA) is 41.1 Å². The Labute approximate surface area is 117 Å². The highest BCUT2D eigenvalue weighted by atomic mass is 19.1. The fraction of sp³-hybridized carbons (Fsp3) is 0.333. The summed E-state index contributed by atoms with van der Waals surface area (Å²) in [5.74, 6) is 1.05. The molecule has 1 aromatic carbocycles. The second kappa shape index (κ2) is 5.45. The summed E-state index contributed by atoms with van der Waals surface area (Å²) >= 11 is 0. The third kappa shape index (κ3) is 2.71. The standard InChI is InChI=1S/C15H17FN4/c1-11-10-14(20-8-4-5-9-20)19-15(17-11)18-13-7-3-2-6-12(13)16/h2-3,6-7,10H,4-5,8-9H2,1H3,(H,17,18,19). The molecule has 0 atom stereocenters. The number of nitrogens with one attached hydrogen (secondary N) is 1. The van der Waals surface area contributed by atoms with E-state index in [9.17, 15) is 4.39 Å². The molecule has 5 heteroatoms. The van der Waals surface area contributed by atoms with Crippen LogP contribution in [0.4, 0.5) is 21.8 Å². The average Bonchev–Trinajstić information content (AvgIpc) is 2.95. The van der Waals surface area contributed by atoms with Crippen LogP contribution in [-0.4, -0.2) is 23.1 Å². The Hall–Kier alpha value is -2.17. The molecule has 20 heavy (non-hydrogen) atoms. The van der Waals surface area contributed by atoms with Crippen molar-refractivity contribution in [1.82, 2.24) is 9.97 Å². The second-order valence-electron chi connectivity index (χ2n) is 4.99. The maximum atomic E-state index is 13.6. The molecule has 1 aliphatic rings. The van der Waals surface area contributed by atoms with Gasteiger partial charge < -0.3 is 10.2 Å². The molecule has 1 aliphatic heterocycles. The van der Waals surface area contributed by atoms with Crippen LogP contribution in [-0.2, 0) is 0 Å². The average molecular weight is 272 g/mol. The quantitative estimate of drug-likeness (QED) is 0.931. The smallest absolute Gasteiger partial charge is 0.229 e. The molecule has 0 bridgehead atoms. The van der Waals surface area contributed by atoms with Gasteiger partial charge >= 0.3 is 0 Å². The summed E-state index contributed by atoms with van der Waals surface area (Å²) in [5, 5.41) is 2.95. The number of anilines is 3. The molecule has 0 saturated carbocycles. The third-order valence-electron chi connectivity index (χ3n) is 3.39. The van der Waals surface area contributed by atoms with Gasteiger partial charge in [0.25, 0.3) is 0 Å². The molecule has 2 aromatic rings. The number of halogens is 1. The van der Waals surface area contributed by atoms with Gasteiger partial charge in [-0.3, -0.25) is 0 Å². The molecular formula is C15H17FN4. The van der Waals surface area contributed by atoms with E-state index >= 15 is 0 Å². The Kier molecular flexibility index (Phi) is 3.50. The molecule has 0 spiro atoms. The first-order chi connectivity index (χ1) is 9.72. The molecule has 104 valence electrons. The first kappa shape index (κ1) is 12.8. The van der Waals surface area contributed by atoms with Crippen molar-refractivity contribution in [3.63, 3.8) is 0 Å². The molecule has 1 fully saturated rings. The lowest BCUT2D eigenvalue weighted by Crippen LogP contribution is -2.19. The summed E-state index contributed by atoms with van der Waals surface area (Å²) in [6.45, 7) is 3.97. The van der Waals surface area contributed by atoms with Crippen LogP contribution in [0, 0.1) is 12.7 Å². The zero-order chi connectivity index (χ0) is 13.9. The molecular weight excluding hydrogens is 255 g/mol. The Morgan fingerprint density at radius 2 is 1.90 bits per heavy atom. The Morgan fingerprint density at radius 3 is 2.65 bits per heavy atom. The predicted molar refractivity (Wildman–Crippen MR) is 77.9 cm³/mol. The van der Waals surface area contributed by atoms with Gasteiger partial charge in [-0.05, 0) is 31.9 Å². The maximum absolute atomic E-state index is 13.6. The van der Waals surface area contributed by atoms with Crippen LogP contribution in [0.5, 0.6) is 0 Å². The van der Waals surface area contributed by atoms with Gasteiger partial charge in [-0.25, -0.2) is 9.37 Å².